The van der Waals surface area contributed by atoms with Gasteiger partial charge in [-0.1, -0.05) is 17.8 Å². The summed E-state index contributed by atoms with van der Waals surface area (Å²) >= 11 is 1.17. The Labute approximate surface area is 116 Å². The van der Waals surface area contributed by atoms with Gasteiger partial charge in [0.25, 0.3) is 0 Å². The third-order valence-corrected chi connectivity index (χ3v) is 4.85. The highest BCUT2D eigenvalue weighted by atomic mass is 32.1. The van der Waals surface area contributed by atoms with Gasteiger partial charge in [-0.3, -0.25) is 14.2 Å². The Morgan fingerprint density at radius 1 is 1.47 bits per heavy atom. The van der Waals surface area contributed by atoms with E-state index in [1.807, 2.05) is 13.8 Å². The topological polar surface area (TPSA) is 71.3 Å². The first-order valence-corrected chi connectivity index (χ1v) is 7.42. The van der Waals surface area contributed by atoms with Crippen molar-refractivity contribution < 1.29 is 9.90 Å². The Balaban J connectivity index is 1.89. The number of nitrogens with zero attached hydrogens (tertiary/aromatic N) is 1. The summed E-state index contributed by atoms with van der Waals surface area (Å²) in [6, 6.07) is 0. The molecular weight excluding hydrogens is 264 g/mol. The molecule has 0 radical (unpaired) electrons. The van der Waals surface area contributed by atoms with Crippen molar-refractivity contribution in [3.8, 4) is 0 Å². The number of aliphatic hydroxyl groups excluding tert-OH is 1. The van der Waals surface area contributed by atoms with E-state index in [1.54, 1.807) is 0 Å². The molecule has 1 aliphatic rings. The van der Waals surface area contributed by atoms with Crippen LogP contribution in [-0.4, -0.2) is 28.2 Å². The number of amides is 1. The Kier molecular flexibility index (Phi) is 4.42. The zero-order valence-electron chi connectivity index (χ0n) is 11.3. The number of carbonyl (C=O) groups excluding carboxylic acids is 1. The van der Waals surface area contributed by atoms with Gasteiger partial charge in [0, 0.05) is 23.0 Å². The first kappa shape index (κ1) is 14.3. The van der Waals surface area contributed by atoms with Crippen molar-refractivity contribution in [3.05, 3.63) is 20.2 Å². The van der Waals surface area contributed by atoms with Gasteiger partial charge in [0.15, 0.2) is 0 Å². The molecule has 2 rings (SSSR count). The predicted octanol–water partition coefficient (Wildman–Crippen LogP) is 0.804. The largest absolute Gasteiger partial charge is 0.393 e. The summed E-state index contributed by atoms with van der Waals surface area (Å²) in [5.41, 5.74) is 0.853. The van der Waals surface area contributed by atoms with E-state index in [9.17, 15) is 14.7 Å². The van der Waals surface area contributed by atoms with Gasteiger partial charge in [0.1, 0.15) is 6.54 Å². The van der Waals surface area contributed by atoms with E-state index >= 15 is 0 Å². The van der Waals surface area contributed by atoms with Crippen LogP contribution in [0.25, 0.3) is 0 Å². The average molecular weight is 284 g/mol. The molecule has 0 saturated heterocycles. The lowest BCUT2D eigenvalue weighted by Gasteiger charge is -2.15. The summed E-state index contributed by atoms with van der Waals surface area (Å²) in [6.07, 6.45) is 2.50. The molecule has 19 heavy (non-hydrogen) atoms. The zero-order valence-corrected chi connectivity index (χ0v) is 12.1. The molecule has 2 unspecified atom stereocenters. The normalized spacial score (nSPS) is 22.7. The number of aliphatic hydroxyl groups is 1. The van der Waals surface area contributed by atoms with Crippen LogP contribution in [0, 0.1) is 19.8 Å². The molecule has 1 fully saturated rings. The molecule has 1 heterocycles. The van der Waals surface area contributed by atoms with Crippen LogP contribution in [0.5, 0.6) is 0 Å². The molecule has 0 spiro atoms. The van der Waals surface area contributed by atoms with E-state index in [1.165, 1.54) is 15.9 Å². The molecule has 5 nitrogen and oxygen atoms in total. The molecule has 1 aromatic rings. The highest BCUT2D eigenvalue weighted by Gasteiger charge is 2.25. The van der Waals surface area contributed by atoms with Gasteiger partial charge in [0.2, 0.25) is 5.91 Å². The number of carbonyl (C=O) groups is 1. The highest BCUT2D eigenvalue weighted by Crippen LogP contribution is 2.24. The lowest BCUT2D eigenvalue weighted by Crippen LogP contribution is -2.36. The quantitative estimate of drug-likeness (QED) is 0.859. The molecule has 106 valence electrons. The minimum absolute atomic E-state index is 0.0673. The number of hydrogen-bond acceptors (Lipinski definition) is 4. The minimum atomic E-state index is -0.298. The number of aryl methyl sites for hydroxylation is 1. The fraction of sp³-hybridized carbons (Fsp3) is 0.692. The number of nitrogens with one attached hydrogen (secondary N) is 1. The second-order valence-electron chi connectivity index (χ2n) is 5.16. The van der Waals surface area contributed by atoms with Crippen molar-refractivity contribution in [2.24, 2.45) is 5.92 Å². The van der Waals surface area contributed by atoms with Gasteiger partial charge < -0.3 is 10.4 Å². The molecule has 0 aromatic carbocycles. The third kappa shape index (κ3) is 3.25. The van der Waals surface area contributed by atoms with Crippen molar-refractivity contribution in [1.82, 2.24) is 9.88 Å². The van der Waals surface area contributed by atoms with E-state index in [2.05, 4.69) is 5.32 Å². The van der Waals surface area contributed by atoms with Gasteiger partial charge in [-0.25, -0.2) is 0 Å². The molecule has 0 bridgehead atoms. The standard InChI is InChI=1S/C13H20N2O3S/c1-8-9(2)19-13(18)15(8)7-12(17)14-6-10-4-3-5-11(10)16/h10-11,16H,3-7H2,1-2H3,(H,14,17). The Hall–Kier alpha value is -1.14. The van der Waals surface area contributed by atoms with Crippen LogP contribution < -0.4 is 10.2 Å². The minimum Gasteiger partial charge on any atom is -0.393 e. The van der Waals surface area contributed by atoms with Gasteiger partial charge in [-0.05, 0) is 26.7 Å². The van der Waals surface area contributed by atoms with Gasteiger partial charge in [-0.15, -0.1) is 0 Å². The van der Waals surface area contributed by atoms with E-state index < -0.39 is 0 Å². The summed E-state index contributed by atoms with van der Waals surface area (Å²) in [6.45, 7) is 4.29. The third-order valence-electron chi connectivity index (χ3n) is 3.86. The summed E-state index contributed by atoms with van der Waals surface area (Å²) in [7, 11) is 0. The number of hydrogen-bond donors (Lipinski definition) is 2. The summed E-state index contributed by atoms with van der Waals surface area (Å²) < 4.78 is 1.50. The highest BCUT2D eigenvalue weighted by molar-refractivity contribution is 7.09. The van der Waals surface area contributed by atoms with Crippen LogP contribution >= 0.6 is 11.3 Å². The second-order valence-corrected chi connectivity index (χ2v) is 6.32. The molecular formula is C13H20N2O3S. The van der Waals surface area contributed by atoms with Crippen molar-refractivity contribution in [1.29, 1.82) is 0 Å². The number of thiazole rings is 1. The molecule has 2 N–H and O–H groups in total. The van der Waals surface area contributed by atoms with Gasteiger partial charge in [-0.2, -0.15) is 0 Å². The Morgan fingerprint density at radius 2 is 2.21 bits per heavy atom. The van der Waals surface area contributed by atoms with E-state index in [0.29, 0.717) is 6.54 Å². The molecule has 1 amide bonds. The summed E-state index contributed by atoms with van der Waals surface area (Å²) in [5.74, 6) is -0.00641. The smallest absolute Gasteiger partial charge is 0.308 e. The average Bonchev–Trinajstić information content (AvgIpc) is 2.86. The molecule has 0 aliphatic heterocycles. The van der Waals surface area contributed by atoms with Crippen LogP contribution in [0.4, 0.5) is 0 Å². The SMILES string of the molecule is Cc1sc(=O)n(CC(=O)NCC2CCCC2O)c1C. The molecule has 1 aromatic heterocycles. The van der Waals surface area contributed by atoms with Crippen molar-refractivity contribution >= 4 is 17.2 Å². The van der Waals surface area contributed by atoms with Crippen molar-refractivity contribution in [2.75, 3.05) is 6.54 Å². The van der Waals surface area contributed by atoms with Gasteiger partial charge in [0.05, 0.1) is 6.10 Å². The maximum absolute atomic E-state index is 11.8. The fourth-order valence-corrected chi connectivity index (χ4v) is 3.30. The summed E-state index contributed by atoms with van der Waals surface area (Å²) in [5, 5.41) is 12.5. The summed E-state index contributed by atoms with van der Waals surface area (Å²) in [4.78, 5) is 24.4. The van der Waals surface area contributed by atoms with Gasteiger partial charge >= 0.3 is 4.87 Å². The maximum atomic E-state index is 11.8. The predicted molar refractivity (Wildman–Crippen MR) is 74.4 cm³/mol. The maximum Gasteiger partial charge on any atom is 0.308 e. The zero-order chi connectivity index (χ0) is 14.0. The number of rotatable bonds is 4. The van der Waals surface area contributed by atoms with Crippen LogP contribution in [0.3, 0.4) is 0 Å². The van der Waals surface area contributed by atoms with Crippen LogP contribution in [0.15, 0.2) is 4.79 Å². The molecule has 2 atom stereocenters. The first-order valence-electron chi connectivity index (χ1n) is 6.60. The van der Waals surface area contributed by atoms with E-state index in [0.717, 1.165) is 29.8 Å². The first-order chi connectivity index (χ1) is 8.99. The molecule has 1 saturated carbocycles. The fourth-order valence-electron chi connectivity index (χ4n) is 2.47. The van der Waals surface area contributed by atoms with Crippen LogP contribution in [0.1, 0.15) is 29.8 Å². The number of aromatic nitrogens is 1. The Morgan fingerprint density at radius 3 is 2.74 bits per heavy atom. The van der Waals surface area contributed by atoms with Crippen LogP contribution in [0.2, 0.25) is 0 Å². The second kappa shape index (κ2) is 5.88. The van der Waals surface area contributed by atoms with Crippen molar-refractivity contribution in [2.45, 2.75) is 45.8 Å². The lowest BCUT2D eigenvalue weighted by atomic mass is 10.1. The molecule has 6 heteroatoms. The van der Waals surface area contributed by atoms with E-state index in [-0.39, 0.29) is 29.3 Å². The molecule has 1 aliphatic carbocycles. The van der Waals surface area contributed by atoms with Crippen molar-refractivity contribution in [3.63, 3.8) is 0 Å². The van der Waals surface area contributed by atoms with Crippen LogP contribution in [-0.2, 0) is 11.3 Å². The monoisotopic (exact) mass is 284 g/mol. The van der Waals surface area contributed by atoms with E-state index in [4.69, 9.17) is 0 Å². The lowest BCUT2D eigenvalue weighted by molar-refractivity contribution is -0.122. The Bertz CT molecular complexity index is 520.